The van der Waals surface area contributed by atoms with Gasteiger partial charge in [0, 0.05) is 24.8 Å². The molecule has 14 heteroatoms. The fourth-order valence-corrected chi connectivity index (χ4v) is 4.23. The maximum Gasteiger partial charge on any atom is 0.397 e. The van der Waals surface area contributed by atoms with Crippen molar-refractivity contribution in [2.24, 2.45) is 10.2 Å². The van der Waals surface area contributed by atoms with Gasteiger partial charge in [0.15, 0.2) is 15.5 Å². The predicted octanol–water partition coefficient (Wildman–Crippen LogP) is 3.45. The van der Waals surface area contributed by atoms with Crippen LogP contribution in [0.5, 0.6) is 0 Å². The van der Waals surface area contributed by atoms with Crippen LogP contribution in [0.1, 0.15) is 13.8 Å². The molecule has 0 saturated carbocycles. The summed E-state index contributed by atoms with van der Waals surface area (Å²) in [6, 6.07) is 10.1. The van der Waals surface area contributed by atoms with E-state index >= 15 is 0 Å². The molecule has 0 aromatic heterocycles. The smallest absolute Gasteiger partial charge is 0.372 e. The summed E-state index contributed by atoms with van der Waals surface area (Å²) in [5.74, 6) is -0.816. The highest BCUT2D eigenvalue weighted by atomic mass is 32.3. The van der Waals surface area contributed by atoms with Crippen LogP contribution in [0.3, 0.4) is 0 Å². The second kappa shape index (κ2) is 10.6. The second-order valence-corrected chi connectivity index (χ2v) is 9.57. The van der Waals surface area contributed by atoms with Crippen molar-refractivity contribution in [2.45, 2.75) is 18.7 Å². The standard InChI is InChI=1S/C18H22N4O8S2/c1-3-21(4-2)15-7-5-14(6-8-15)19-20-17-10-9-16(13-18(17)22(23)24)31(25,26)12-11-30-32(27,28)29/h5-10,13H,3-4,11-12H2,1-2H3,(H,27,28,29). The third kappa shape index (κ3) is 7.05. The number of nitro groups is 1. The van der Waals surface area contributed by atoms with E-state index in [1.54, 1.807) is 12.1 Å². The Labute approximate surface area is 185 Å². The van der Waals surface area contributed by atoms with Gasteiger partial charge in [-0.3, -0.25) is 14.7 Å². The van der Waals surface area contributed by atoms with Crippen molar-refractivity contribution in [3.63, 3.8) is 0 Å². The van der Waals surface area contributed by atoms with Crippen LogP contribution in [0.25, 0.3) is 0 Å². The van der Waals surface area contributed by atoms with E-state index in [9.17, 15) is 26.9 Å². The van der Waals surface area contributed by atoms with Gasteiger partial charge in [-0.15, -0.1) is 5.11 Å². The van der Waals surface area contributed by atoms with Gasteiger partial charge >= 0.3 is 10.4 Å². The second-order valence-electron chi connectivity index (χ2n) is 6.36. The van der Waals surface area contributed by atoms with Crippen LogP contribution in [0, 0.1) is 10.1 Å². The molecule has 0 bridgehead atoms. The summed E-state index contributed by atoms with van der Waals surface area (Å²) in [6.07, 6.45) is 0. The van der Waals surface area contributed by atoms with Crippen molar-refractivity contribution in [1.82, 2.24) is 0 Å². The monoisotopic (exact) mass is 486 g/mol. The minimum atomic E-state index is -4.80. The number of benzene rings is 2. The number of nitro benzene ring substituents is 1. The summed E-state index contributed by atoms with van der Waals surface area (Å²) in [5, 5.41) is 19.3. The van der Waals surface area contributed by atoms with Gasteiger partial charge in [0.25, 0.3) is 5.69 Å². The third-order valence-electron chi connectivity index (χ3n) is 4.34. The Bertz CT molecular complexity index is 1190. The molecule has 0 aliphatic rings. The molecule has 0 radical (unpaired) electrons. The Kier molecular flexibility index (Phi) is 8.38. The Morgan fingerprint density at radius 2 is 1.66 bits per heavy atom. The Morgan fingerprint density at radius 1 is 1.03 bits per heavy atom. The maximum absolute atomic E-state index is 12.3. The molecule has 0 saturated heterocycles. The van der Waals surface area contributed by atoms with Crippen molar-refractivity contribution in [1.29, 1.82) is 0 Å². The summed E-state index contributed by atoms with van der Waals surface area (Å²) in [7, 11) is -8.93. The molecule has 12 nitrogen and oxygen atoms in total. The molecule has 0 aliphatic carbocycles. The average molecular weight is 487 g/mol. The summed E-state index contributed by atoms with van der Waals surface area (Å²) in [5.41, 5.74) is 0.697. The zero-order valence-electron chi connectivity index (χ0n) is 17.3. The van der Waals surface area contributed by atoms with Gasteiger partial charge < -0.3 is 4.90 Å². The first kappa shape index (κ1) is 25.3. The van der Waals surface area contributed by atoms with Crippen LogP contribution in [0.15, 0.2) is 57.6 Å². The maximum atomic E-state index is 12.3. The Hall–Kier alpha value is -2.94. The molecule has 0 atom stereocenters. The molecule has 0 fully saturated rings. The molecule has 0 heterocycles. The lowest BCUT2D eigenvalue weighted by molar-refractivity contribution is -0.384. The summed E-state index contributed by atoms with van der Waals surface area (Å²) in [4.78, 5) is 12.3. The number of azo groups is 1. The molecule has 174 valence electrons. The largest absolute Gasteiger partial charge is 0.397 e. The van der Waals surface area contributed by atoms with Crippen LogP contribution in [-0.2, 0) is 24.4 Å². The van der Waals surface area contributed by atoms with Crippen molar-refractivity contribution >= 4 is 43.0 Å². The van der Waals surface area contributed by atoms with Crippen molar-refractivity contribution in [2.75, 3.05) is 30.3 Å². The molecule has 2 aromatic rings. The molecule has 0 unspecified atom stereocenters. The molecule has 32 heavy (non-hydrogen) atoms. The molecule has 0 spiro atoms. The van der Waals surface area contributed by atoms with Gasteiger partial charge in [-0.1, -0.05) is 0 Å². The van der Waals surface area contributed by atoms with E-state index < -0.39 is 48.1 Å². The molecular formula is C18H22N4O8S2. The Morgan fingerprint density at radius 3 is 2.19 bits per heavy atom. The summed E-state index contributed by atoms with van der Waals surface area (Å²) in [6.45, 7) is 4.88. The predicted molar refractivity (Wildman–Crippen MR) is 117 cm³/mol. The van der Waals surface area contributed by atoms with Gasteiger partial charge in [-0.05, 0) is 50.2 Å². The van der Waals surface area contributed by atoms with E-state index in [0.717, 1.165) is 37.0 Å². The fourth-order valence-electron chi connectivity index (χ4n) is 2.72. The van der Waals surface area contributed by atoms with E-state index in [0.29, 0.717) is 5.69 Å². The average Bonchev–Trinajstić information content (AvgIpc) is 2.72. The molecule has 2 rings (SSSR count). The molecule has 1 N–H and O–H groups in total. The third-order valence-corrected chi connectivity index (χ3v) is 6.48. The lowest BCUT2D eigenvalue weighted by atomic mass is 10.2. The minimum absolute atomic E-state index is 0.157. The zero-order chi connectivity index (χ0) is 23.9. The number of sulfone groups is 1. The van der Waals surface area contributed by atoms with E-state index in [1.165, 1.54) is 0 Å². The molecule has 2 aromatic carbocycles. The Balaban J connectivity index is 2.25. The quantitative estimate of drug-likeness (QED) is 0.216. The number of nitrogens with zero attached hydrogens (tertiary/aromatic N) is 4. The molecular weight excluding hydrogens is 464 g/mol. The number of hydrogen-bond donors (Lipinski definition) is 1. The first-order chi connectivity index (χ1) is 15.0. The lowest BCUT2D eigenvalue weighted by Gasteiger charge is -2.20. The highest BCUT2D eigenvalue weighted by molar-refractivity contribution is 7.91. The van der Waals surface area contributed by atoms with Gasteiger partial charge in [-0.2, -0.15) is 13.5 Å². The normalized spacial score (nSPS) is 12.2. The fraction of sp³-hybridized carbons (Fsp3) is 0.333. The van der Waals surface area contributed by atoms with E-state index in [4.69, 9.17) is 4.55 Å². The first-order valence-corrected chi connectivity index (χ1v) is 12.4. The van der Waals surface area contributed by atoms with Crippen LogP contribution in [0.2, 0.25) is 0 Å². The number of anilines is 1. The highest BCUT2D eigenvalue weighted by Crippen LogP contribution is 2.32. The topological polar surface area (TPSA) is 169 Å². The van der Waals surface area contributed by atoms with Crippen LogP contribution in [-0.4, -0.2) is 51.8 Å². The van der Waals surface area contributed by atoms with Gasteiger partial charge in [-0.25, -0.2) is 12.6 Å². The van der Waals surface area contributed by atoms with E-state index in [2.05, 4.69) is 19.3 Å². The van der Waals surface area contributed by atoms with Crippen molar-refractivity contribution in [3.05, 3.63) is 52.6 Å². The van der Waals surface area contributed by atoms with Crippen LogP contribution >= 0.6 is 0 Å². The zero-order valence-corrected chi connectivity index (χ0v) is 18.9. The van der Waals surface area contributed by atoms with Crippen molar-refractivity contribution in [3.8, 4) is 0 Å². The van der Waals surface area contributed by atoms with Gasteiger partial charge in [0.05, 0.1) is 27.9 Å². The highest BCUT2D eigenvalue weighted by Gasteiger charge is 2.22. The number of rotatable bonds is 11. The van der Waals surface area contributed by atoms with E-state index in [1.807, 2.05) is 26.0 Å². The van der Waals surface area contributed by atoms with Gasteiger partial charge in [0.1, 0.15) is 0 Å². The SMILES string of the molecule is CCN(CC)c1ccc(N=Nc2ccc(S(=O)(=O)CCOS(=O)(=O)O)cc2[N+](=O)[O-])cc1. The summed E-state index contributed by atoms with van der Waals surface area (Å²) < 4.78 is 58.1. The van der Waals surface area contributed by atoms with Crippen LogP contribution < -0.4 is 4.90 Å². The molecule has 0 amide bonds. The number of hydrogen-bond acceptors (Lipinski definition) is 10. The first-order valence-electron chi connectivity index (χ1n) is 9.36. The lowest BCUT2D eigenvalue weighted by Crippen LogP contribution is -2.21. The van der Waals surface area contributed by atoms with Crippen LogP contribution in [0.4, 0.5) is 22.7 Å². The van der Waals surface area contributed by atoms with E-state index in [-0.39, 0.29) is 5.69 Å². The molecule has 0 aliphatic heterocycles. The van der Waals surface area contributed by atoms with Crippen molar-refractivity contribution < 1.29 is 30.5 Å². The summed E-state index contributed by atoms with van der Waals surface area (Å²) >= 11 is 0. The minimum Gasteiger partial charge on any atom is -0.372 e. The van der Waals surface area contributed by atoms with Gasteiger partial charge in [0.2, 0.25) is 0 Å².